The van der Waals surface area contributed by atoms with Crippen molar-refractivity contribution in [3.05, 3.63) is 46.9 Å². The molecule has 0 N–H and O–H groups in total. The highest BCUT2D eigenvalue weighted by Crippen LogP contribution is 2.25. The molecule has 0 saturated carbocycles. The zero-order valence-corrected chi connectivity index (χ0v) is 19.8. The van der Waals surface area contributed by atoms with E-state index in [0.717, 1.165) is 0 Å². The minimum absolute atomic E-state index is 0.0160. The van der Waals surface area contributed by atoms with Gasteiger partial charge in [-0.1, -0.05) is 35.5 Å². The lowest BCUT2D eigenvalue weighted by Crippen LogP contribution is -2.54. The van der Waals surface area contributed by atoms with Crippen LogP contribution in [0.3, 0.4) is 0 Å². The summed E-state index contributed by atoms with van der Waals surface area (Å²) in [7, 11) is 0. The SMILES string of the molecule is CC1CN(c2cc(Cl)nc(SCC(=O)N3CCOCC3)n2)CCN1C(=O)c1ccccc1F. The van der Waals surface area contributed by atoms with Gasteiger partial charge in [-0.05, 0) is 19.1 Å². The Bertz CT molecular complexity index is 1020. The van der Waals surface area contributed by atoms with Gasteiger partial charge in [-0.25, -0.2) is 14.4 Å². The van der Waals surface area contributed by atoms with E-state index < -0.39 is 5.82 Å². The first kappa shape index (κ1) is 23.7. The number of hydrogen-bond acceptors (Lipinski definition) is 7. The smallest absolute Gasteiger partial charge is 0.257 e. The molecule has 0 bridgehead atoms. The van der Waals surface area contributed by atoms with Crippen molar-refractivity contribution in [3.8, 4) is 0 Å². The molecule has 1 aromatic carbocycles. The Balaban J connectivity index is 1.39. The van der Waals surface area contributed by atoms with Crippen molar-refractivity contribution in [1.82, 2.24) is 19.8 Å². The monoisotopic (exact) mass is 493 g/mol. The van der Waals surface area contributed by atoms with E-state index >= 15 is 0 Å². The summed E-state index contributed by atoms with van der Waals surface area (Å²) in [4.78, 5) is 39.6. The van der Waals surface area contributed by atoms with Crippen LogP contribution in [0.1, 0.15) is 17.3 Å². The number of aromatic nitrogens is 2. The number of benzene rings is 1. The van der Waals surface area contributed by atoms with Crippen LogP contribution in [0, 0.1) is 5.82 Å². The van der Waals surface area contributed by atoms with E-state index in [9.17, 15) is 14.0 Å². The molecular weight excluding hydrogens is 469 g/mol. The number of anilines is 1. The Kier molecular flexibility index (Phi) is 7.67. The number of piperazine rings is 1. The molecule has 11 heteroatoms. The van der Waals surface area contributed by atoms with Crippen molar-refractivity contribution in [2.24, 2.45) is 0 Å². The fraction of sp³-hybridized carbons (Fsp3) is 0.455. The van der Waals surface area contributed by atoms with Gasteiger partial charge in [0.25, 0.3) is 5.91 Å². The zero-order valence-electron chi connectivity index (χ0n) is 18.2. The highest BCUT2D eigenvalue weighted by atomic mass is 35.5. The van der Waals surface area contributed by atoms with Crippen molar-refractivity contribution in [3.63, 3.8) is 0 Å². The van der Waals surface area contributed by atoms with Gasteiger partial charge in [-0.15, -0.1) is 0 Å². The molecule has 33 heavy (non-hydrogen) atoms. The molecule has 2 amide bonds. The second-order valence-corrected chi connectivity index (χ2v) is 9.22. The number of carbonyl (C=O) groups is 2. The molecule has 4 rings (SSSR count). The molecule has 2 aromatic rings. The van der Waals surface area contributed by atoms with Crippen molar-refractivity contribution < 1.29 is 18.7 Å². The number of morpholine rings is 1. The van der Waals surface area contributed by atoms with Crippen LogP contribution in [-0.2, 0) is 9.53 Å². The molecule has 2 aliphatic heterocycles. The first-order chi connectivity index (χ1) is 15.9. The third kappa shape index (κ3) is 5.74. The number of carbonyl (C=O) groups excluding carboxylic acids is 2. The highest BCUT2D eigenvalue weighted by Gasteiger charge is 2.30. The Morgan fingerprint density at radius 1 is 1.18 bits per heavy atom. The number of ether oxygens (including phenoxy) is 1. The summed E-state index contributed by atoms with van der Waals surface area (Å²) in [5.74, 6) is 0.0384. The van der Waals surface area contributed by atoms with Gasteiger partial charge in [0.05, 0.1) is 24.5 Å². The van der Waals surface area contributed by atoms with Gasteiger partial charge in [-0.3, -0.25) is 9.59 Å². The van der Waals surface area contributed by atoms with Crippen LogP contribution >= 0.6 is 23.4 Å². The van der Waals surface area contributed by atoms with Gasteiger partial charge in [-0.2, -0.15) is 0 Å². The van der Waals surface area contributed by atoms with E-state index in [0.29, 0.717) is 62.1 Å². The predicted molar refractivity (Wildman–Crippen MR) is 124 cm³/mol. The van der Waals surface area contributed by atoms with Crippen LogP contribution in [0.15, 0.2) is 35.5 Å². The molecule has 1 atom stereocenters. The molecule has 2 saturated heterocycles. The average Bonchev–Trinajstić information content (AvgIpc) is 2.82. The number of nitrogens with zero attached hydrogens (tertiary/aromatic N) is 5. The molecule has 0 aliphatic carbocycles. The summed E-state index contributed by atoms with van der Waals surface area (Å²) in [5.41, 5.74) is 0.0755. The van der Waals surface area contributed by atoms with Crippen LogP contribution in [0.5, 0.6) is 0 Å². The molecule has 8 nitrogen and oxygen atoms in total. The van der Waals surface area contributed by atoms with Gasteiger partial charge in [0.15, 0.2) is 5.16 Å². The van der Waals surface area contributed by atoms with Gasteiger partial charge in [0, 0.05) is 44.8 Å². The standard InChI is InChI=1S/C22H25ClFN5O3S/c1-15-13-28(6-7-29(15)21(31)16-4-2-3-5-17(16)24)19-12-18(23)25-22(26-19)33-14-20(30)27-8-10-32-11-9-27/h2-5,12,15H,6-11,13-14H2,1H3. The maximum absolute atomic E-state index is 14.1. The fourth-order valence-corrected chi connectivity index (χ4v) is 4.88. The Labute approximate surface area is 201 Å². The fourth-order valence-electron chi connectivity index (χ4n) is 3.90. The third-order valence-electron chi connectivity index (χ3n) is 5.67. The number of rotatable bonds is 5. The lowest BCUT2D eigenvalue weighted by atomic mass is 10.1. The van der Waals surface area contributed by atoms with E-state index in [2.05, 4.69) is 9.97 Å². The van der Waals surface area contributed by atoms with E-state index in [1.54, 1.807) is 28.0 Å². The quantitative estimate of drug-likeness (QED) is 0.360. The molecule has 2 aliphatic rings. The topological polar surface area (TPSA) is 78.9 Å². The molecule has 1 unspecified atom stereocenters. The van der Waals surface area contributed by atoms with E-state index in [-0.39, 0.29) is 29.2 Å². The van der Waals surface area contributed by atoms with Crippen LogP contribution < -0.4 is 4.90 Å². The minimum Gasteiger partial charge on any atom is -0.378 e. The normalized spacial score (nSPS) is 19.0. The number of amides is 2. The molecule has 3 heterocycles. The van der Waals surface area contributed by atoms with Crippen molar-refractivity contribution >= 4 is 41.0 Å². The second-order valence-electron chi connectivity index (χ2n) is 7.89. The van der Waals surface area contributed by atoms with Crippen molar-refractivity contribution in [1.29, 1.82) is 0 Å². The maximum atomic E-state index is 14.1. The maximum Gasteiger partial charge on any atom is 0.257 e. The lowest BCUT2D eigenvalue weighted by Gasteiger charge is -2.40. The largest absolute Gasteiger partial charge is 0.378 e. The number of hydrogen-bond donors (Lipinski definition) is 0. The van der Waals surface area contributed by atoms with Crippen LogP contribution in [0.25, 0.3) is 0 Å². The number of halogens is 2. The predicted octanol–water partition coefficient (Wildman–Crippen LogP) is 2.57. The molecule has 1 aromatic heterocycles. The molecule has 176 valence electrons. The highest BCUT2D eigenvalue weighted by molar-refractivity contribution is 7.99. The molecule has 0 spiro atoms. The summed E-state index contributed by atoms with van der Waals surface area (Å²) in [6.45, 7) is 5.68. The summed E-state index contributed by atoms with van der Waals surface area (Å²) in [6.07, 6.45) is 0. The first-order valence-electron chi connectivity index (χ1n) is 10.8. The van der Waals surface area contributed by atoms with E-state index in [4.69, 9.17) is 16.3 Å². The average molecular weight is 494 g/mol. The van der Waals surface area contributed by atoms with Crippen molar-refractivity contribution in [2.75, 3.05) is 56.6 Å². The summed E-state index contributed by atoms with van der Waals surface area (Å²) < 4.78 is 19.4. The van der Waals surface area contributed by atoms with Gasteiger partial charge < -0.3 is 19.4 Å². The molecule has 0 radical (unpaired) electrons. The minimum atomic E-state index is -0.520. The Morgan fingerprint density at radius 3 is 2.67 bits per heavy atom. The van der Waals surface area contributed by atoms with Crippen LogP contribution in [-0.4, -0.2) is 89.3 Å². The summed E-state index contributed by atoms with van der Waals surface area (Å²) in [5, 5.41) is 0.718. The summed E-state index contributed by atoms with van der Waals surface area (Å²) in [6, 6.07) is 7.54. The lowest BCUT2D eigenvalue weighted by molar-refractivity contribution is -0.132. The van der Waals surface area contributed by atoms with E-state index in [1.807, 2.05) is 11.8 Å². The van der Waals surface area contributed by atoms with E-state index in [1.165, 1.54) is 23.9 Å². The van der Waals surface area contributed by atoms with Gasteiger partial charge in [0.2, 0.25) is 5.91 Å². The van der Waals surface area contributed by atoms with Crippen LogP contribution in [0.2, 0.25) is 5.15 Å². The second kappa shape index (κ2) is 10.7. The Morgan fingerprint density at radius 2 is 1.94 bits per heavy atom. The molecule has 2 fully saturated rings. The number of thioether (sulfide) groups is 1. The van der Waals surface area contributed by atoms with Crippen LogP contribution in [0.4, 0.5) is 10.2 Å². The first-order valence-corrected chi connectivity index (χ1v) is 12.1. The van der Waals surface area contributed by atoms with Crippen molar-refractivity contribution in [2.45, 2.75) is 18.1 Å². The zero-order chi connectivity index (χ0) is 23.4. The molecular formula is C22H25ClFN5O3S. The van der Waals surface area contributed by atoms with Gasteiger partial charge in [0.1, 0.15) is 16.8 Å². The Hall–Kier alpha value is -2.43. The summed E-state index contributed by atoms with van der Waals surface area (Å²) >= 11 is 7.49. The third-order valence-corrected chi connectivity index (χ3v) is 6.69. The van der Waals surface area contributed by atoms with Gasteiger partial charge >= 0.3 is 0 Å².